The van der Waals surface area contributed by atoms with Crippen molar-refractivity contribution in [3.63, 3.8) is 0 Å². The number of rotatable bonds is 5. The van der Waals surface area contributed by atoms with Crippen molar-refractivity contribution < 1.29 is 0 Å². The monoisotopic (exact) mass is 167 g/mol. The van der Waals surface area contributed by atoms with E-state index in [0.29, 0.717) is 0 Å². The highest BCUT2D eigenvalue weighted by molar-refractivity contribution is 4.96. The van der Waals surface area contributed by atoms with E-state index in [9.17, 15) is 0 Å². The zero-order valence-corrected chi connectivity index (χ0v) is 8.34. The topological polar surface area (TPSA) is 12.0 Å². The predicted octanol–water partition coefficient (Wildman–Crippen LogP) is 2.56. The van der Waals surface area contributed by atoms with E-state index < -0.39 is 0 Å². The molecule has 2 fully saturated rings. The van der Waals surface area contributed by atoms with Gasteiger partial charge in [0, 0.05) is 12.1 Å². The van der Waals surface area contributed by atoms with Crippen LogP contribution in [0.2, 0.25) is 0 Å². The van der Waals surface area contributed by atoms with Crippen LogP contribution in [0, 0.1) is 11.8 Å². The van der Waals surface area contributed by atoms with Crippen molar-refractivity contribution in [1.29, 1.82) is 0 Å². The molecule has 2 saturated carbocycles. The van der Waals surface area contributed by atoms with Gasteiger partial charge in [0.25, 0.3) is 0 Å². The second kappa shape index (κ2) is 3.37. The molecule has 0 aromatic heterocycles. The Kier molecular flexibility index (Phi) is 2.40. The molecule has 12 heavy (non-hydrogen) atoms. The minimum absolute atomic E-state index is 0.733. The standard InChI is InChI=1S/C11H21N/c1-3-8(2)12-11(9-4-5-9)10-6-7-10/h8-12H,3-7H2,1-2H3. The molecule has 0 aliphatic heterocycles. The molecule has 2 aliphatic carbocycles. The lowest BCUT2D eigenvalue weighted by molar-refractivity contribution is 0.367. The van der Waals surface area contributed by atoms with Gasteiger partial charge in [0.05, 0.1) is 0 Å². The fraction of sp³-hybridized carbons (Fsp3) is 1.00. The molecule has 2 rings (SSSR count). The van der Waals surface area contributed by atoms with E-state index in [1.54, 1.807) is 0 Å². The quantitative estimate of drug-likeness (QED) is 0.663. The summed E-state index contributed by atoms with van der Waals surface area (Å²) < 4.78 is 0. The number of hydrogen-bond acceptors (Lipinski definition) is 1. The van der Waals surface area contributed by atoms with Crippen LogP contribution in [0.5, 0.6) is 0 Å². The maximum atomic E-state index is 3.79. The molecule has 2 aliphatic rings. The third kappa shape index (κ3) is 2.01. The van der Waals surface area contributed by atoms with Gasteiger partial charge in [-0.2, -0.15) is 0 Å². The van der Waals surface area contributed by atoms with Crippen molar-refractivity contribution in [2.45, 2.75) is 58.0 Å². The lowest BCUT2D eigenvalue weighted by Crippen LogP contribution is -2.39. The summed E-state index contributed by atoms with van der Waals surface area (Å²) in [5.41, 5.74) is 0. The average molecular weight is 167 g/mol. The summed E-state index contributed by atoms with van der Waals surface area (Å²) in [6, 6.07) is 1.62. The summed E-state index contributed by atoms with van der Waals surface area (Å²) in [6.07, 6.45) is 7.24. The van der Waals surface area contributed by atoms with Crippen LogP contribution in [0.25, 0.3) is 0 Å². The molecule has 0 spiro atoms. The Morgan fingerprint density at radius 1 is 1.17 bits per heavy atom. The van der Waals surface area contributed by atoms with Gasteiger partial charge in [0.2, 0.25) is 0 Å². The van der Waals surface area contributed by atoms with Gasteiger partial charge in [0.15, 0.2) is 0 Å². The van der Waals surface area contributed by atoms with E-state index in [-0.39, 0.29) is 0 Å². The van der Waals surface area contributed by atoms with Crippen LogP contribution in [0.15, 0.2) is 0 Å². The van der Waals surface area contributed by atoms with Gasteiger partial charge in [-0.3, -0.25) is 0 Å². The summed E-state index contributed by atoms with van der Waals surface area (Å²) in [5.74, 6) is 2.10. The van der Waals surface area contributed by atoms with Crippen molar-refractivity contribution in [1.82, 2.24) is 5.32 Å². The highest BCUT2D eigenvalue weighted by atomic mass is 15.0. The molecule has 0 heterocycles. The fourth-order valence-electron chi connectivity index (χ4n) is 2.01. The summed E-state index contributed by atoms with van der Waals surface area (Å²) in [4.78, 5) is 0. The Labute approximate surface area is 75.9 Å². The van der Waals surface area contributed by atoms with E-state index in [2.05, 4.69) is 19.2 Å². The fourth-order valence-corrected chi connectivity index (χ4v) is 2.01. The van der Waals surface area contributed by atoms with E-state index in [4.69, 9.17) is 0 Å². The Morgan fingerprint density at radius 2 is 1.67 bits per heavy atom. The summed E-state index contributed by atoms with van der Waals surface area (Å²) in [6.45, 7) is 4.59. The molecular formula is C11H21N. The van der Waals surface area contributed by atoms with E-state index in [0.717, 1.165) is 23.9 Å². The van der Waals surface area contributed by atoms with Crippen LogP contribution in [0.1, 0.15) is 46.0 Å². The van der Waals surface area contributed by atoms with Crippen LogP contribution in [-0.2, 0) is 0 Å². The van der Waals surface area contributed by atoms with Crippen molar-refractivity contribution >= 4 is 0 Å². The Balaban J connectivity index is 1.79. The molecule has 0 saturated heterocycles. The van der Waals surface area contributed by atoms with Crippen molar-refractivity contribution in [3.8, 4) is 0 Å². The Morgan fingerprint density at radius 3 is 2.00 bits per heavy atom. The first-order valence-corrected chi connectivity index (χ1v) is 5.57. The zero-order valence-electron chi connectivity index (χ0n) is 8.34. The molecule has 70 valence electrons. The Hall–Kier alpha value is -0.0400. The van der Waals surface area contributed by atoms with Gasteiger partial charge in [-0.25, -0.2) is 0 Å². The second-order valence-corrected chi connectivity index (χ2v) is 4.68. The normalized spacial score (nSPS) is 26.2. The lowest BCUT2D eigenvalue weighted by atomic mass is 10.1. The van der Waals surface area contributed by atoms with Gasteiger partial charge >= 0.3 is 0 Å². The SMILES string of the molecule is CCC(C)NC(C1CC1)C1CC1. The van der Waals surface area contributed by atoms with E-state index >= 15 is 0 Å². The van der Waals surface area contributed by atoms with E-state index in [1.165, 1.54) is 32.1 Å². The predicted molar refractivity (Wildman–Crippen MR) is 52.1 cm³/mol. The van der Waals surface area contributed by atoms with Crippen LogP contribution < -0.4 is 5.32 Å². The van der Waals surface area contributed by atoms with Gasteiger partial charge < -0.3 is 5.32 Å². The first-order chi connectivity index (χ1) is 5.81. The molecule has 1 N–H and O–H groups in total. The first kappa shape index (κ1) is 8.55. The number of hydrogen-bond donors (Lipinski definition) is 1. The Bertz CT molecular complexity index is 135. The second-order valence-electron chi connectivity index (χ2n) is 4.68. The smallest absolute Gasteiger partial charge is 0.0126 e. The molecule has 0 aromatic carbocycles. The van der Waals surface area contributed by atoms with Gasteiger partial charge in [-0.15, -0.1) is 0 Å². The van der Waals surface area contributed by atoms with Gasteiger partial charge in [0.1, 0.15) is 0 Å². The van der Waals surface area contributed by atoms with Crippen LogP contribution >= 0.6 is 0 Å². The maximum absolute atomic E-state index is 3.79. The summed E-state index contributed by atoms with van der Waals surface area (Å²) in [5, 5.41) is 3.79. The van der Waals surface area contributed by atoms with Crippen LogP contribution in [-0.4, -0.2) is 12.1 Å². The van der Waals surface area contributed by atoms with Crippen molar-refractivity contribution in [2.75, 3.05) is 0 Å². The van der Waals surface area contributed by atoms with Crippen LogP contribution in [0.4, 0.5) is 0 Å². The highest BCUT2D eigenvalue weighted by Crippen LogP contribution is 2.44. The summed E-state index contributed by atoms with van der Waals surface area (Å²) in [7, 11) is 0. The molecule has 0 amide bonds. The third-order valence-corrected chi connectivity index (χ3v) is 3.35. The minimum Gasteiger partial charge on any atom is -0.311 e. The van der Waals surface area contributed by atoms with Crippen molar-refractivity contribution in [2.24, 2.45) is 11.8 Å². The molecular weight excluding hydrogens is 146 g/mol. The zero-order chi connectivity index (χ0) is 8.55. The average Bonchev–Trinajstić information content (AvgIpc) is 2.87. The highest BCUT2D eigenvalue weighted by Gasteiger charge is 2.41. The molecule has 0 aromatic rings. The lowest BCUT2D eigenvalue weighted by Gasteiger charge is -2.22. The van der Waals surface area contributed by atoms with E-state index in [1.807, 2.05) is 0 Å². The van der Waals surface area contributed by atoms with Gasteiger partial charge in [-0.05, 0) is 50.9 Å². The minimum atomic E-state index is 0.733. The summed E-state index contributed by atoms with van der Waals surface area (Å²) >= 11 is 0. The molecule has 1 unspecified atom stereocenters. The van der Waals surface area contributed by atoms with Crippen LogP contribution in [0.3, 0.4) is 0 Å². The number of nitrogens with one attached hydrogen (secondary N) is 1. The molecule has 1 heteroatoms. The molecule has 1 nitrogen and oxygen atoms in total. The largest absolute Gasteiger partial charge is 0.311 e. The molecule has 0 radical (unpaired) electrons. The van der Waals surface area contributed by atoms with Gasteiger partial charge in [-0.1, -0.05) is 6.92 Å². The third-order valence-electron chi connectivity index (χ3n) is 3.35. The molecule has 1 atom stereocenters. The maximum Gasteiger partial charge on any atom is 0.0126 e. The molecule has 0 bridgehead atoms. The first-order valence-electron chi connectivity index (χ1n) is 5.57. The van der Waals surface area contributed by atoms with Crippen molar-refractivity contribution in [3.05, 3.63) is 0 Å².